The first-order valence-electron chi connectivity index (χ1n) is 9.93. The van der Waals surface area contributed by atoms with Crippen molar-refractivity contribution in [2.45, 2.75) is 32.1 Å². The van der Waals surface area contributed by atoms with Crippen LogP contribution in [0, 0.1) is 11.7 Å². The zero-order chi connectivity index (χ0) is 20.1. The zero-order valence-electron chi connectivity index (χ0n) is 16.2. The molecule has 0 spiro atoms. The van der Waals surface area contributed by atoms with E-state index in [1.54, 1.807) is 12.1 Å². The largest absolute Gasteiger partial charge is 0.372 e. The lowest BCUT2D eigenvalue weighted by molar-refractivity contribution is -0.122. The lowest BCUT2D eigenvalue weighted by atomic mass is 10.1. The summed E-state index contributed by atoms with van der Waals surface area (Å²) in [5, 5.41) is 3.01. The first-order valence-corrected chi connectivity index (χ1v) is 9.93. The van der Waals surface area contributed by atoms with Crippen LogP contribution in [-0.2, 0) is 29.3 Å². The quantitative estimate of drug-likeness (QED) is 0.591. The van der Waals surface area contributed by atoms with Crippen LogP contribution in [0.15, 0.2) is 78.9 Å². The average Bonchev–Trinajstić information content (AvgIpc) is 3.55. The van der Waals surface area contributed by atoms with E-state index in [1.165, 1.54) is 6.07 Å². The van der Waals surface area contributed by atoms with E-state index in [0.29, 0.717) is 31.7 Å². The summed E-state index contributed by atoms with van der Waals surface area (Å²) >= 11 is 0. The van der Waals surface area contributed by atoms with Crippen LogP contribution in [0.5, 0.6) is 0 Å². The van der Waals surface area contributed by atoms with Gasteiger partial charge in [-0.25, -0.2) is 4.39 Å². The molecule has 0 radical (unpaired) electrons. The molecule has 1 saturated carbocycles. The fourth-order valence-corrected chi connectivity index (χ4v) is 3.64. The van der Waals surface area contributed by atoms with Crippen LogP contribution < -0.4 is 5.32 Å². The second kappa shape index (κ2) is 9.01. The van der Waals surface area contributed by atoms with Crippen LogP contribution >= 0.6 is 0 Å². The van der Waals surface area contributed by atoms with E-state index in [4.69, 9.17) is 4.74 Å². The summed E-state index contributed by atoms with van der Waals surface area (Å²) < 4.78 is 19.8. The van der Waals surface area contributed by atoms with Gasteiger partial charge in [-0.2, -0.15) is 0 Å². The van der Waals surface area contributed by atoms with E-state index >= 15 is 0 Å². The molecule has 1 aliphatic carbocycles. The monoisotopic (exact) mass is 389 g/mol. The smallest absolute Gasteiger partial charge is 0.224 e. The number of hydrogen-bond donors (Lipinski definition) is 1. The molecule has 0 aliphatic heterocycles. The Kier molecular flexibility index (Phi) is 6.01. The van der Waals surface area contributed by atoms with Crippen molar-refractivity contribution in [1.29, 1.82) is 0 Å². The molecule has 0 saturated heterocycles. The van der Waals surface area contributed by atoms with Gasteiger partial charge in [0, 0.05) is 12.5 Å². The minimum absolute atomic E-state index is 0.0133. The summed E-state index contributed by atoms with van der Waals surface area (Å²) in [7, 11) is 0. The molecule has 0 bridgehead atoms. The molecule has 3 aromatic rings. The fraction of sp³-hybridized carbons (Fsp3) is 0.240. The van der Waals surface area contributed by atoms with Crippen LogP contribution in [0.25, 0.3) is 0 Å². The summed E-state index contributed by atoms with van der Waals surface area (Å²) in [6.45, 7) is 1.49. The number of carbonyl (C=O) groups is 1. The Morgan fingerprint density at radius 2 is 1.59 bits per heavy atom. The maximum atomic E-state index is 13.9. The van der Waals surface area contributed by atoms with Gasteiger partial charge in [0.25, 0.3) is 0 Å². The van der Waals surface area contributed by atoms with Crippen molar-refractivity contribution in [3.8, 4) is 0 Å². The normalized spacial score (nSPS) is 17.7. The van der Waals surface area contributed by atoms with Gasteiger partial charge < -0.3 is 10.1 Å². The highest BCUT2D eigenvalue weighted by atomic mass is 19.1. The molecule has 0 aromatic heterocycles. The number of halogens is 1. The second-order valence-corrected chi connectivity index (χ2v) is 7.44. The molecule has 4 rings (SSSR count). The molecule has 2 atom stereocenters. The number of rotatable bonds is 8. The van der Waals surface area contributed by atoms with Gasteiger partial charge in [0.05, 0.1) is 13.2 Å². The van der Waals surface area contributed by atoms with Crippen molar-refractivity contribution in [3.05, 3.63) is 107 Å². The number of ether oxygens (including phenoxy) is 1. The molecule has 3 aromatic carbocycles. The van der Waals surface area contributed by atoms with Crippen LogP contribution in [0.1, 0.15) is 34.6 Å². The van der Waals surface area contributed by atoms with Crippen LogP contribution in [-0.4, -0.2) is 5.91 Å². The molecule has 2 unspecified atom stereocenters. The Balaban J connectivity index is 1.30. The molecular formula is C25H24FNO2. The number of carbonyl (C=O) groups excluding carboxylic acids is 1. The first-order chi connectivity index (χ1) is 14.2. The number of amides is 1. The lowest BCUT2D eigenvalue weighted by Crippen LogP contribution is -2.25. The number of benzene rings is 3. The standard InChI is InChI=1S/C25H24FNO2/c26-24-13-7-6-12-21(24)22-14-23(22)25(28)27-15-19-10-4-5-11-20(19)17-29-16-18-8-2-1-3-9-18/h1-13,22-23H,14-17H2,(H,27,28). The summed E-state index contributed by atoms with van der Waals surface area (Å²) in [4.78, 5) is 12.5. The Hall–Kier alpha value is -2.98. The van der Waals surface area contributed by atoms with Gasteiger partial charge in [-0.15, -0.1) is 0 Å². The predicted octanol–water partition coefficient (Wildman–Crippen LogP) is 4.96. The van der Waals surface area contributed by atoms with Gasteiger partial charge in [-0.1, -0.05) is 72.8 Å². The molecule has 29 heavy (non-hydrogen) atoms. The van der Waals surface area contributed by atoms with Crippen molar-refractivity contribution in [2.75, 3.05) is 0 Å². The highest BCUT2D eigenvalue weighted by molar-refractivity contribution is 5.82. The molecule has 0 heterocycles. The average molecular weight is 389 g/mol. The first kappa shape index (κ1) is 19.3. The SMILES string of the molecule is O=C(NCc1ccccc1COCc1ccccc1)C1CC1c1ccccc1F. The van der Waals surface area contributed by atoms with E-state index in [9.17, 15) is 9.18 Å². The highest BCUT2D eigenvalue weighted by Crippen LogP contribution is 2.48. The third kappa shape index (κ3) is 4.90. The summed E-state index contributed by atoms with van der Waals surface area (Å²) in [5.74, 6) is -0.402. The van der Waals surface area contributed by atoms with Gasteiger partial charge in [0.15, 0.2) is 0 Å². The predicted molar refractivity (Wildman–Crippen MR) is 110 cm³/mol. The Morgan fingerprint density at radius 3 is 2.38 bits per heavy atom. The highest BCUT2D eigenvalue weighted by Gasteiger charge is 2.44. The van der Waals surface area contributed by atoms with Crippen LogP contribution in [0.4, 0.5) is 4.39 Å². The minimum atomic E-state index is -0.228. The van der Waals surface area contributed by atoms with E-state index < -0.39 is 0 Å². The maximum absolute atomic E-state index is 13.9. The van der Waals surface area contributed by atoms with Crippen molar-refractivity contribution in [1.82, 2.24) is 5.32 Å². The van der Waals surface area contributed by atoms with E-state index in [2.05, 4.69) is 5.32 Å². The van der Waals surface area contributed by atoms with Gasteiger partial charge >= 0.3 is 0 Å². The van der Waals surface area contributed by atoms with Crippen molar-refractivity contribution in [2.24, 2.45) is 5.92 Å². The molecule has 1 fully saturated rings. The number of hydrogen-bond acceptors (Lipinski definition) is 2. The van der Waals surface area contributed by atoms with Crippen molar-refractivity contribution in [3.63, 3.8) is 0 Å². The lowest BCUT2D eigenvalue weighted by Gasteiger charge is -2.12. The van der Waals surface area contributed by atoms with Crippen LogP contribution in [0.2, 0.25) is 0 Å². The summed E-state index contributed by atoms with van der Waals surface area (Å²) in [6.07, 6.45) is 0.703. The zero-order valence-corrected chi connectivity index (χ0v) is 16.2. The van der Waals surface area contributed by atoms with Crippen LogP contribution in [0.3, 0.4) is 0 Å². The van der Waals surface area contributed by atoms with Gasteiger partial charge in [-0.3, -0.25) is 4.79 Å². The Bertz CT molecular complexity index is 973. The third-order valence-corrected chi connectivity index (χ3v) is 5.37. The van der Waals surface area contributed by atoms with E-state index in [0.717, 1.165) is 16.7 Å². The summed E-state index contributed by atoms with van der Waals surface area (Å²) in [5.41, 5.74) is 3.87. The Labute approximate surface area is 170 Å². The van der Waals surface area contributed by atoms with E-state index in [1.807, 2.05) is 60.7 Å². The molecule has 148 valence electrons. The van der Waals surface area contributed by atoms with Crippen molar-refractivity contribution >= 4 is 5.91 Å². The maximum Gasteiger partial charge on any atom is 0.224 e. The molecule has 1 aliphatic rings. The summed E-state index contributed by atoms with van der Waals surface area (Å²) in [6, 6.07) is 24.7. The van der Waals surface area contributed by atoms with Gasteiger partial charge in [-0.05, 0) is 40.7 Å². The van der Waals surface area contributed by atoms with Gasteiger partial charge in [0.2, 0.25) is 5.91 Å². The third-order valence-electron chi connectivity index (χ3n) is 5.37. The number of nitrogens with one attached hydrogen (secondary N) is 1. The molecular weight excluding hydrogens is 365 g/mol. The molecule has 1 amide bonds. The van der Waals surface area contributed by atoms with Gasteiger partial charge in [0.1, 0.15) is 5.82 Å². The van der Waals surface area contributed by atoms with E-state index in [-0.39, 0.29) is 23.6 Å². The van der Waals surface area contributed by atoms with Crippen molar-refractivity contribution < 1.29 is 13.9 Å². The molecule has 1 N–H and O–H groups in total. The topological polar surface area (TPSA) is 38.3 Å². The minimum Gasteiger partial charge on any atom is -0.372 e. The Morgan fingerprint density at radius 1 is 0.897 bits per heavy atom. The fourth-order valence-electron chi connectivity index (χ4n) is 3.64. The molecule has 4 heteroatoms. The second-order valence-electron chi connectivity index (χ2n) is 7.44. The molecule has 3 nitrogen and oxygen atoms in total.